The highest BCUT2D eigenvalue weighted by Crippen LogP contribution is 2.37. The first kappa shape index (κ1) is 22.6. The minimum absolute atomic E-state index is 0.140. The Bertz CT molecular complexity index is 1150. The number of nitrogens with zero attached hydrogens (tertiary/aromatic N) is 4. The third-order valence-corrected chi connectivity index (χ3v) is 8.27. The highest BCUT2D eigenvalue weighted by atomic mass is 32.2. The first-order valence-corrected chi connectivity index (χ1v) is 13.2. The summed E-state index contributed by atoms with van der Waals surface area (Å²) in [5.74, 6) is 1.59. The second kappa shape index (κ2) is 10.9. The molecule has 4 rings (SSSR count). The van der Waals surface area contributed by atoms with Gasteiger partial charge in [-0.1, -0.05) is 36.0 Å². The van der Waals surface area contributed by atoms with E-state index in [2.05, 4.69) is 40.3 Å². The molecule has 1 N–H and O–H groups in total. The van der Waals surface area contributed by atoms with Crippen molar-refractivity contribution in [2.75, 3.05) is 11.1 Å². The van der Waals surface area contributed by atoms with Gasteiger partial charge in [0, 0.05) is 16.3 Å². The molecule has 0 aliphatic heterocycles. The lowest BCUT2D eigenvalue weighted by Crippen LogP contribution is -2.14. The number of carbonyl (C=O) groups excluding carboxylic acids is 1. The van der Waals surface area contributed by atoms with Crippen molar-refractivity contribution >= 4 is 45.8 Å². The molecule has 0 saturated heterocycles. The number of thiophene rings is 1. The quantitative estimate of drug-likeness (QED) is 0.330. The molecule has 1 aliphatic rings. The first-order valence-electron chi connectivity index (χ1n) is 10.4. The Hall–Kier alpha value is -2.54. The maximum atomic E-state index is 12.6. The molecular formula is C23H23N5OS3. The van der Waals surface area contributed by atoms with Crippen LogP contribution in [-0.4, -0.2) is 26.4 Å². The van der Waals surface area contributed by atoms with Crippen molar-refractivity contribution in [2.24, 2.45) is 0 Å². The monoisotopic (exact) mass is 481 g/mol. The van der Waals surface area contributed by atoms with E-state index in [-0.39, 0.29) is 11.7 Å². The summed E-state index contributed by atoms with van der Waals surface area (Å²) in [6.07, 6.45) is 5.97. The van der Waals surface area contributed by atoms with Crippen molar-refractivity contribution in [2.45, 2.75) is 48.0 Å². The van der Waals surface area contributed by atoms with Gasteiger partial charge in [-0.25, -0.2) is 0 Å². The van der Waals surface area contributed by atoms with E-state index in [1.54, 1.807) is 29.2 Å². The Balaban J connectivity index is 1.39. The minimum Gasteiger partial charge on any atom is -0.316 e. The normalized spacial score (nSPS) is 12.7. The van der Waals surface area contributed by atoms with Crippen LogP contribution in [0.15, 0.2) is 53.0 Å². The standard InChI is InChI=1S/C23H23N5OS3/c1-2-12-28-20(14-30-16-8-4-3-5-9-16)26-27-23(28)31-15-21(29)25-22-18(13-24)17-10-6-7-11-19(17)32-22/h2-5,8-9H,1,6-7,10-12,14-15H2,(H,25,29). The average Bonchev–Trinajstić information content (AvgIpc) is 3.37. The Morgan fingerprint density at radius 2 is 2.06 bits per heavy atom. The summed E-state index contributed by atoms with van der Waals surface area (Å²) in [7, 11) is 0. The average molecular weight is 482 g/mol. The lowest BCUT2D eigenvalue weighted by Gasteiger charge is -2.09. The molecule has 0 saturated carbocycles. The summed E-state index contributed by atoms with van der Waals surface area (Å²) in [4.78, 5) is 15.0. The lowest BCUT2D eigenvalue weighted by molar-refractivity contribution is -0.113. The number of carbonyl (C=O) groups is 1. The third kappa shape index (κ3) is 5.26. The van der Waals surface area contributed by atoms with E-state index in [1.807, 2.05) is 22.8 Å². The van der Waals surface area contributed by atoms with Gasteiger partial charge in [0.1, 0.15) is 16.9 Å². The van der Waals surface area contributed by atoms with Gasteiger partial charge in [-0.05, 0) is 43.4 Å². The second-order valence-corrected chi connectivity index (χ2v) is 10.4. The molecule has 6 nitrogen and oxygen atoms in total. The molecule has 0 atom stereocenters. The third-order valence-electron chi connectivity index (χ3n) is 5.08. The van der Waals surface area contributed by atoms with Gasteiger partial charge < -0.3 is 9.88 Å². The molecule has 0 unspecified atom stereocenters. The number of hydrogen-bond acceptors (Lipinski definition) is 7. The summed E-state index contributed by atoms with van der Waals surface area (Å²) >= 11 is 4.59. The number of benzene rings is 1. The van der Waals surface area contributed by atoms with E-state index < -0.39 is 0 Å². The molecule has 164 valence electrons. The first-order chi connectivity index (χ1) is 15.7. The largest absolute Gasteiger partial charge is 0.316 e. The van der Waals surface area contributed by atoms with Crippen molar-refractivity contribution in [3.63, 3.8) is 0 Å². The van der Waals surface area contributed by atoms with Gasteiger partial charge in [-0.15, -0.1) is 39.9 Å². The Morgan fingerprint density at radius 1 is 1.25 bits per heavy atom. The van der Waals surface area contributed by atoms with Crippen LogP contribution in [0.3, 0.4) is 0 Å². The van der Waals surface area contributed by atoms with E-state index in [0.717, 1.165) is 37.1 Å². The molecule has 0 radical (unpaired) electrons. The highest BCUT2D eigenvalue weighted by molar-refractivity contribution is 7.99. The number of nitriles is 1. The van der Waals surface area contributed by atoms with Crippen molar-refractivity contribution in [3.05, 3.63) is 64.8 Å². The van der Waals surface area contributed by atoms with Gasteiger partial charge in [0.25, 0.3) is 0 Å². The highest BCUT2D eigenvalue weighted by Gasteiger charge is 2.22. The number of allylic oxidation sites excluding steroid dienone is 1. The Kier molecular flexibility index (Phi) is 7.68. The Labute approximate surface area is 200 Å². The molecule has 0 spiro atoms. The zero-order valence-corrected chi connectivity index (χ0v) is 20.0. The molecule has 32 heavy (non-hydrogen) atoms. The number of anilines is 1. The minimum atomic E-state index is -0.140. The van der Waals surface area contributed by atoms with E-state index in [4.69, 9.17) is 0 Å². The molecule has 1 aliphatic carbocycles. The zero-order valence-electron chi connectivity index (χ0n) is 17.5. The number of rotatable bonds is 9. The van der Waals surface area contributed by atoms with Crippen LogP contribution in [0, 0.1) is 11.3 Å². The molecular weight excluding hydrogens is 458 g/mol. The summed E-state index contributed by atoms with van der Waals surface area (Å²) in [6.45, 7) is 4.42. The summed E-state index contributed by atoms with van der Waals surface area (Å²) < 4.78 is 1.99. The molecule has 9 heteroatoms. The molecule has 1 amide bonds. The van der Waals surface area contributed by atoms with Crippen molar-refractivity contribution in [1.82, 2.24) is 14.8 Å². The van der Waals surface area contributed by atoms with Crippen LogP contribution in [0.25, 0.3) is 0 Å². The van der Waals surface area contributed by atoms with Gasteiger partial charge in [0.05, 0.1) is 17.1 Å². The summed E-state index contributed by atoms with van der Waals surface area (Å²) in [5, 5.41) is 22.5. The van der Waals surface area contributed by atoms with Gasteiger partial charge in [-0.2, -0.15) is 5.26 Å². The van der Waals surface area contributed by atoms with Crippen molar-refractivity contribution < 1.29 is 4.79 Å². The number of hydrogen-bond donors (Lipinski definition) is 1. The number of amides is 1. The fourth-order valence-electron chi connectivity index (χ4n) is 3.57. The number of aromatic nitrogens is 3. The molecule has 3 aromatic rings. The van der Waals surface area contributed by atoms with E-state index in [9.17, 15) is 10.1 Å². The van der Waals surface area contributed by atoms with Crippen molar-refractivity contribution in [3.8, 4) is 6.07 Å². The van der Waals surface area contributed by atoms with Gasteiger partial charge >= 0.3 is 0 Å². The van der Waals surface area contributed by atoms with Crippen LogP contribution in [0.1, 0.15) is 34.7 Å². The van der Waals surface area contributed by atoms with Gasteiger partial charge in [-0.3, -0.25) is 4.79 Å². The van der Waals surface area contributed by atoms with Gasteiger partial charge in [0.15, 0.2) is 5.16 Å². The van der Waals surface area contributed by atoms with Crippen molar-refractivity contribution in [1.29, 1.82) is 5.26 Å². The maximum absolute atomic E-state index is 12.6. The van der Waals surface area contributed by atoms with Crippen LogP contribution in [0.4, 0.5) is 5.00 Å². The number of nitrogens with one attached hydrogen (secondary N) is 1. The molecule has 0 fully saturated rings. The number of aryl methyl sites for hydroxylation is 1. The molecule has 2 heterocycles. The predicted octanol–water partition coefficient (Wildman–Crippen LogP) is 5.30. The predicted molar refractivity (Wildman–Crippen MR) is 131 cm³/mol. The summed E-state index contributed by atoms with van der Waals surface area (Å²) in [6, 6.07) is 12.4. The topological polar surface area (TPSA) is 83.6 Å². The molecule has 0 bridgehead atoms. The van der Waals surface area contributed by atoms with E-state index in [0.29, 0.717) is 28.0 Å². The molecule has 2 aromatic heterocycles. The lowest BCUT2D eigenvalue weighted by atomic mass is 9.96. The summed E-state index contributed by atoms with van der Waals surface area (Å²) in [5.41, 5.74) is 1.76. The Morgan fingerprint density at radius 3 is 2.84 bits per heavy atom. The molecule has 1 aromatic carbocycles. The second-order valence-electron chi connectivity index (χ2n) is 7.26. The van der Waals surface area contributed by atoms with Gasteiger partial charge in [0.2, 0.25) is 5.91 Å². The zero-order chi connectivity index (χ0) is 22.3. The van der Waals surface area contributed by atoms with E-state index >= 15 is 0 Å². The number of thioether (sulfide) groups is 2. The van der Waals surface area contributed by atoms with Crippen LogP contribution < -0.4 is 5.32 Å². The smallest absolute Gasteiger partial charge is 0.235 e. The van der Waals surface area contributed by atoms with Crippen LogP contribution in [-0.2, 0) is 29.9 Å². The fourth-order valence-corrected chi connectivity index (χ4v) is 6.46. The maximum Gasteiger partial charge on any atom is 0.235 e. The number of fused-ring (bicyclic) bond motifs is 1. The SMILES string of the molecule is C=CCn1c(CSc2ccccc2)nnc1SCC(=O)Nc1sc2c(c1C#N)CCCC2. The van der Waals surface area contributed by atoms with Crippen LogP contribution in [0.2, 0.25) is 0 Å². The van der Waals surface area contributed by atoms with Crippen LogP contribution >= 0.6 is 34.9 Å². The fraction of sp³-hybridized carbons (Fsp3) is 0.304. The van der Waals surface area contributed by atoms with E-state index in [1.165, 1.54) is 21.5 Å². The van der Waals surface area contributed by atoms with Crippen LogP contribution in [0.5, 0.6) is 0 Å².